The normalized spacial score (nSPS) is 10.3. The summed E-state index contributed by atoms with van der Waals surface area (Å²) in [6.45, 7) is 2.81. The van der Waals surface area contributed by atoms with Gasteiger partial charge in [-0.25, -0.2) is 0 Å². The van der Waals surface area contributed by atoms with E-state index in [0.717, 1.165) is 11.0 Å². The maximum Gasteiger partial charge on any atom is 0.171 e. The number of aromatic nitrogens is 2. The van der Waals surface area contributed by atoms with Crippen molar-refractivity contribution in [2.45, 2.75) is 13.5 Å². The Morgan fingerprint density at radius 1 is 1.37 bits per heavy atom. The largest absolute Gasteiger partial charge is 0.365 e. The highest BCUT2D eigenvalue weighted by molar-refractivity contribution is 9.10. The molecule has 2 N–H and O–H groups in total. The van der Waals surface area contributed by atoms with Gasteiger partial charge in [-0.3, -0.25) is 4.68 Å². The molecule has 0 radical (unpaired) electrons. The van der Waals surface area contributed by atoms with Gasteiger partial charge in [0.05, 0.1) is 11.0 Å². The minimum absolute atomic E-state index is 0.543. The number of hydrogen-bond acceptors (Lipinski definition) is 2. The quantitative estimate of drug-likeness (QED) is 0.844. The third-order valence-electron chi connectivity index (χ3n) is 2.64. The molecule has 2 aromatic rings. The molecule has 6 heteroatoms. The molecule has 1 aromatic carbocycles. The van der Waals surface area contributed by atoms with Crippen molar-refractivity contribution in [1.29, 1.82) is 0 Å². The fourth-order valence-electron chi connectivity index (χ4n) is 1.61. The molecule has 2 rings (SSSR count). The highest BCUT2D eigenvalue weighted by Gasteiger charge is 2.07. The number of anilines is 1. The third-order valence-corrected chi connectivity index (χ3v) is 3.53. The van der Waals surface area contributed by atoms with E-state index < -0.39 is 0 Å². The second-order valence-electron chi connectivity index (χ2n) is 4.21. The molecule has 0 amide bonds. The molecule has 0 atom stereocenters. The van der Waals surface area contributed by atoms with Crippen molar-refractivity contribution >= 4 is 39.1 Å². The lowest BCUT2D eigenvalue weighted by molar-refractivity contribution is 0.689. The average molecular weight is 339 g/mol. The number of halogens is 1. The molecular formula is C13H15BrN4S. The predicted octanol–water partition coefficient (Wildman–Crippen LogP) is 2.92. The van der Waals surface area contributed by atoms with Gasteiger partial charge in [0.1, 0.15) is 0 Å². The van der Waals surface area contributed by atoms with Gasteiger partial charge < -0.3 is 10.6 Å². The smallest absolute Gasteiger partial charge is 0.171 e. The number of aryl methyl sites for hydroxylation is 1. The summed E-state index contributed by atoms with van der Waals surface area (Å²) < 4.78 is 2.76. The molecule has 0 aliphatic carbocycles. The van der Waals surface area contributed by atoms with Crippen molar-refractivity contribution in [1.82, 2.24) is 15.1 Å². The number of nitrogens with zero attached hydrogens (tertiary/aromatic N) is 2. The van der Waals surface area contributed by atoms with Gasteiger partial charge in [-0.15, -0.1) is 0 Å². The second kappa shape index (κ2) is 6.16. The predicted molar refractivity (Wildman–Crippen MR) is 85.5 cm³/mol. The molecule has 4 nitrogen and oxygen atoms in total. The van der Waals surface area contributed by atoms with E-state index in [4.69, 9.17) is 12.2 Å². The zero-order chi connectivity index (χ0) is 13.8. The van der Waals surface area contributed by atoms with Crippen LogP contribution in [0.15, 0.2) is 34.9 Å². The average Bonchev–Trinajstić information content (AvgIpc) is 2.72. The maximum atomic E-state index is 5.06. The molecular weight excluding hydrogens is 324 g/mol. The van der Waals surface area contributed by atoms with Crippen LogP contribution in [0.4, 0.5) is 5.82 Å². The lowest BCUT2D eigenvalue weighted by atomic mass is 10.1. The first-order valence-corrected chi connectivity index (χ1v) is 7.06. The Morgan fingerprint density at radius 2 is 2.05 bits per heavy atom. The highest BCUT2D eigenvalue weighted by Crippen LogP contribution is 2.20. The van der Waals surface area contributed by atoms with Crippen LogP contribution in [-0.2, 0) is 6.54 Å². The lowest BCUT2D eigenvalue weighted by Crippen LogP contribution is -2.24. The standard InChI is InChI=1S/C13H15BrN4S/c1-9-3-5-10(6-4-9)7-18-8-11(14)12(17-18)16-13(19)15-2/h3-6,8H,7H2,1-2H3,(H2,15,16,17,19). The zero-order valence-electron chi connectivity index (χ0n) is 10.8. The Labute approximate surface area is 126 Å². The van der Waals surface area contributed by atoms with Crippen molar-refractivity contribution in [3.8, 4) is 0 Å². The first-order valence-electron chi connectivity index (χ1n) is 5.85. The van der Waals surface area contributed by atoms with Crippen molar-refractivity contribution < 1.29 is 0 Å². The minimum Gasteiger partial charge on any atom is -0.365 e. The molecule has 1 aromatic heterocycles. The van der Waals surface area contributed by atoms with E-state index in [-0.39, 0.29) is 0 Å². The molecule has 0 spiro atoms. The summed E-state index contributed by atoms with van der Waals surface area (Å²) in [5.74, 6) is 0.714. The molecule has 0 bridgehead atoms. The van der Waals surface area contributed by atoms with Crippen molar-refractivity contribution in [2.75, 3.05) is 12.4 Å². The molecule has 0 aliphatic heterocycles. The number of benzene rings is 1. The van der Waals surface area contributed by atoms with Crippen LogP contribution in [0.1, 0.15) is 11.1 Å². The van der Waals surface area contributed by atoms with Gasteiger partial charge in [-0.2, -0.15) is 5.10 Å². The number of hydrogen-bond donors (Lipinski definition) is 2. The number of nitrogens with one attached hydrogen (secondary N) is 2. The first-order chi connectivity index (χ1) is 9.08. The van der Waals surface area contributed by atoms with E-state index in [1.54, 1.807) is 7.05 Å². The van der Waals surface area contributed by atoms with Gasteiger partial charge in [0.2, 0.25) is 0 Å². The summed E-state index contributed by atoms with van der Waals surface area (Å²) in [6.07, 6.45) is 1.93. The van der Waals surface area contributed by atoms with Crippen molar-refractivity contribution in [3.63, 3.8) is 0 Å². The molecule has 19 heavy (non-hydrogen) atoms. The van der Waals surface area contributed by atoms with Gasteiger partial charge in [-0.05, 0) is 40.6 Å². The topological polar surface area (TPSA) is 41.9 Å². The zero-order valence-corrected chi connectivity index (χ0v) is 13.2. The maximum absolute atomic E-state index is 5.06. The first kappa shape index (κ1) is 14.0. The SMILES string of the molecule is CNC(=S)Nc1nn(Cc2ccc(C)cc2)cc1Br. The Kier molecular flexibility index (Phi) is 4.55. The summed E-state index contributed by atoms with van der Waals surface area (Å²) in [5.41, 5.74) is 2.47. The van der Waals surface area contributed by atoms with Crippen molar-refractivity contribution in [3.05, 3.63) is 46.1 Å². The molecule has 0 saturated carbocycles. The Morgan fingerprint density at radius 3 is 2.68 bits per heavy atom. The van der Waals surface area contributed by atoms with E-state index in [1.807, 2.05) is 10.9 Å². The van der Waals surface area contributed by atoms with Gasteiger partial charge in [0.25, 0.3) is 0 Å². The van der Waals surface area contributed by atoms with Crippen LogP contribution in [-0.4, -0.2) is 21.9 Å². The van der Waals surface area contributed by atoms with Crippen LogP contribution < -0.4 is 10.6 Å². The number of rotatable bonds is 3. The van der Waals surface area contributed by atoms with Crippen LogP contribution in [0.5, 0.6) is 0 Å². The molecule has 0 unspecified atom stereocenters. The van der Waals surface area contributed by atoms with Gasteiger partial charge in [0.15, 0.2) is 10.9 Å². The number of thiocarbonyl (C=S) groups is 1. The lowest BCUT2D eigenvalue weighted by Gasteiger charge is -2.04. The monoisotopic (exact) mass is 338 g/mol. The summed E-state index contributed by atoms with van der Waals surface area (Å²) in [7, 11) is 1.77. The summed E-state index contributed by atoms with van der Waals surface area (Å²) >= 11 is 8.52. The van der Waals surface area contributed by atoms with E-state index >= 15 is 0 Å². The summed E-state index contributed by atoms with van der Waals surface area (Å²) in [4.78, 5) is 0. The Balaban J connectivity index is 2.11. The van der Waals surface area contributed by atoms with Crippen molar-refractivity contribution in [2.24, 2.45) is 0 Å². The minimum atomic E-state index is 0.543. The summed E-state index contributed by atoms with van der Waals surface area (Å²) in [6, 6.07) is 8.42. The van der Waals surface area contributed by atoms with E-state index in [1.165, 1.54) is 11.1 Å². The Hall–Kier alpha value is -1.40. The van der Waals surface area contributed by atoms with E-state index in [0.29, 0.717) is 10.9 Å². The summed E-state index contributed by atoms with van der Waals surface area (Å²) in [5, 5.41) is 10.9. The highest BCUT2D eigenvalue weighted by atomic mass is 79.9. The van der Waals surface area contributed by atoms with Gasteiger partial charge in [0, 0.05) is 13.2 Å². The Bertz CT molecular complexity index is 577. The van der Waals surface area contributed by atoms with Crippen LogP contribution in [0.25, 0.3) is 0 Å². The molecule has 0 saturated heterocycles. The molecule has 1 heterocycles. The second-order valence-corrected chi connectivity index (χ2v) is 5.48. The van der Waals surface area contributed by atoms with Gasteiger partial charge in [-0.1, -0.05) is 29.8 Å². The van der Waals surface area contributed by atoms with E-state index in [9.17, 15) is 0 Å². The molecule has 100 valence electrons. The van der Waals surface area contributed by atoms with Crippen LogP contribution in [0.3, 0.4) is 0 Å². The van der Waals surface area contributed by atoms with Crippen LogP contribution >= 0.6 is 28.1 Å². The molecule has 0 aliphatic rings. The fraction of sp³-hybridized carbons (Fsp3) is 0.231. The third kappa shape index (κ3) is 3.78. The van der Waals surface area contributed by atoms with Crippen LogP contribution in [0, 0.1) is 6.92 Å². The van der Waals surface area contributed by atoms with E-state index in [2.05, 4.69) is 62.9 Å². The van der Waals surface area contributed by atoms with Gasteiger partial charge >= 0.3 is 0 Å². The van der Waals surface area contributed by atoms with Crippen LogP contribution in [0.2, 0.25) is 0 Å². The fourth-order valence-corrected chi connectivity index (χ4v) is 2.12. The molecule has 0 fully saturated rings.